The number of thioether (sulfide) groups is 1. The number of benzene rings is 2. The highest BCUT2D eigenvalue weighted by Gasteiger charge is 2.41. The number of rotatable bonds is 8. The first-order chi connectivity index (χ1) is 15.6. The number of carbonyl (C=O) groups is 2. The van der Waals surface area contributed by atoms with Gasteiger partial charge in [-0.05, 0) is 49.1 Å². The molecule has 1 amide bonds. The predicted molar refractivity (Wildman–Crippen MR) is 124 cm³/mol. The predicted octanol–water partition coefficient (Wildman–Crippen LogP) is 4.77. The van der Waals surface area contributed by atoms with Crippen LogP contribution in [0.15, 0.2) is 54.6 Å². The average Bonchev–Trinajstić information content (AvgIpc) is 3.08. The summed E-state index contributed by atoms with van der Waals surface area (Å²) in [4.78, 5) is 26.4. The highest BCUT2D eigenvalue weighted by atomic mass is 32.2. The van der Waals surface area contributed by atoms with E-state index in [0.29, 0.717) is 26.2 Å². The minimum absolute atomic E-state index is 0.0194. The van der Waals surface area contributed by atoms with Crippen LogP contribution in [-0.2, 0) is 25.6 Å². The Morgan fingerprint density at radius 1 is 1.09 bits per heavy atom. The molecule has 3 atom stereocenters. The second kappa shape index (κ2) is 11.0. The second-order valence-corrected chi connectivity index (χ2v) is 9.55. The van der Waals surface area contributed by atoms with Crippen LogP contribution in [0.4, 0.5) is 0 Å². The molecule has 2 aliphatic heterocycles. The van der Waals surface area contributed by atoms with Crippen LogP contribution in [0.3, 0.4) is 0 Å². The number of carbonyl (C=O) groups excluding carboxylic acids is 2. The van der Waals surface area contributed by atoms with Crippen molar-refractivity contribution in [2.45, 2.75) is 56.7 Å². The largest absolute Gasteiger partial charge is 0.457 e. The third kappa shape index (κ3) is 6.12. The van der Waals surface area contributed by atoms with Crippen molar-refractivity contribution in [1.82, 2.24) is 4.90 Å². The molecule has 2 aromatic carbocycles. The maximum absolute atomic E-state index is 12.8. The molecule has 4 rings (SSSR count). The SMILES string of the molecule is CC(=O)SC1CC(=O)N(Cc2ccc(Oc3ccccc3)cc2)C1COC1CCCCO1. The van der Waals surface area contributed by atoms with Crippen molar-refractivity contribution < 1.29 is 23.8 Å². The van der Waals surface area contributed by atoms with Gasteiger partial charge in [-0.3, -0.25) is 9.59 Å². The first kappa shape index (κ1) is 22.8. The maximum atomic E-state index is 12.8. The second-order valence-electron chi connectivity index (χ2n) is 8.13. The molecule has 6 nitrogen and oxygen atoms in total. The van der Waals surface area contributed by atoms with Crippen LogP contribution < -0.4 is 4.74 Å². The van der Waals surface area contributed by atoms with Gasteiger partial charge in [-0.25, -0.2) is 0 Å². The van der Waals surface area contributed by atoms with E-state index in [0.717, 1.165) is 36.3 Å². The summed E-state index contributed by atoms with van der Waals surface area (Å²) in [6, 6.07) is 17.2. The quantitative estimate of drug-likeness (QED) is 0.571. The van der Waals surface area contributed by atoms with Crippen molar-refractivity contribution >= 4 is 22.8 Å². The lowest BCUT2D eigenvalue weighted by molar-refractivity contribution is -0.170. The Morgan fingerprint density at radius 2 is 1.84 bits per heavy atom. The Hall–Kier alpha value is -2.35. The third-order valence-electron chi connectivity index (χ3n) is 5.69. The Bertz CT molecular complexity index is 898. The van der Waals surface area contributed by atoms with Crippen LogP contribution in [0.5, 0.6) is 11.5 Å². The molecule has 0 aromatic heterocycles. The van der Waals surface area contributed by atoms with Crippen molar-refractivity contribution in [2.75, 3.05) is 13.2 Å². The van der Waals surface area contributed by atoms with Crippen LogP contribution in [-0.4, -0.2) is 46.7 Å². The molecule has 0 spiro atoms. The minimum Gasteiger partial charge on any atom is -0.457 e. The van der Waals surface area contributed by atoms with E-state index >= 15 is 0 Å². The lowest BCUT2D eigenvalue weighted by atomic mass is 10.1. The summed E-state index contributed by atoms with van der Waals surface area (Å²) in [5.74, 6) is 1.57. The van der Waals surface area contributed by atoms with Gasteiger partial charge < -0.3 is 19.1 Å². The summed E-state index contributed by atoms with van der Waals surface area (Å²) in [5, 5.41) is -0.0877. The van der Waals surface area contributed by atoms with Gasteiger partial charge in [0.2, 0.25) is 5.91 Å². The van der Waals surface area contributed by atoms with Gasteiger partial charge in [-0.15, -0.1) is 0 Å². The number of likely N-dealkylation sites (tertiary alicyclic amines) is 1. The van der Waals surface area contributed by atoms with Gasteiger partial charge in [-0.2, -0.15) is 0 Å². The number of nitrogens with zero attached hydrogens (tertiary/aromatic N) is 1. The Labute approximate surface area is 193 Å². The van der Waals surface area contributed by atoms with E-state index in [-0.39, 0.29) is 28.6 Å². The zero-order chi connectivity index (χ0) is 22.3. The highest BCUT2D eigenvalue weighted by Crippen LogP contribution is 2.33. The zero-order valence-electron chi connectivity index (χ0n) is 18.3. The number of para-hydroxylation sites is 1. The summed E-state index contributed by atoms with van der Waals surface area (Å²) in [6.07, 6.45) is 3.13. The van der Waals surface area contributed by atoms with Gasteiger partial charge >= 0.3 is 0 Å². The topological polar surface area (TPSA) is 65.1 Å². The standard InChI is InChI=1S/C25H29NO5S/c1-18(27)32-23-15-24(28)26(22(23)17-30-25-9-5-6-14-29-25)16-19-10-12-21(13-11-19)31-20-7-3-2-4-8-20/h2-4,7-8,10-13,22-23,25H,5-6,9,14-17H2,1H3. The number of ether oxygens (including phenoxy) is 3. The van der Waals surface area contributed by atoms with Crippen molar-refractivity contribution in [3.05, 3.63) is 60.2 Å². The molecule has 2 heterocycles. The Morgan fingerprint density at radius 3 is 2.53 bits per heavy atom. The smallest absolute Gasteiger partial charge is 0.224 e. The average molecular weight is 456 g/mol. The van der Waals surface area contributed by atoms with E-state index in [4.69, 9.17) is 14.2 Å². The van der Waals surface area contributed by atoms with Gasteiger partial charge in [0.15, 0.2) is 11.4 Å². The molecule has 7 heteroatoms. The number of hydrogen-bond donors (Lipinski definition) is 0. The molecule has 3 unspecified atom stereocenters. The first-order valence-electron chi connectivity index (χ1n) is 11.1. The minimum atomic E-state index is -0.223. The summed E-state index contributed by atoms with van der Waals surface area (Å²) in [7, 11) is 0. The normalized spacial score (nSPS) is 23.3. The molecule has 2 aliphatic rings. The Kier molecular flexibility index (Phi) is 7.84. The summed E-state index contributed by atoms with van der Waals surface area (Å²) in [6.45, 7) is 3.10. The molecule has 0 aliphatic carbocycles. The fourth-order valence-corrected chi connectivity index (χ4v) is 5.11. The lowest BCUT2D eigenvalue weighted by Crippen LogP contribution is -2.41. The van der Waals surface area contributed by atoms with Crippen LogP contribution in [0.2, 0.25) is 0 Å². The fraction of sp³-hybridized carbons (Fsp3) is 0.440. The van der Waals surface area contributed by atoms with E-state index in [1.54, 1.807) is 6.92 Å². The highest BCUT2D eigenvalue weighted by molar-refractivity contribution is 8.14. The van der Waals surface area contributed by atoms with Crippen LogP contribution in [0.1, 0.15) is 38.2 Å². The zero-order valence-corrected chi connectivity index (χ0v) is 19.1. The fourth-order valence-electron chi connectivity index (χ4n) is 4.08. The molecule has 0 saturated carbocycles. The van der Waals surface area contributed by atoms with Crippen molar-refractivity contribution in [3.63, 3.8) is 0 Å². The molecule has 2 fully saturated rings. The molecule has 0 bridgehead atoms. The third-order valence-corrected chi connectivity index (χ3v) is 6.80. The van der Waals surface area contributed by atoms with Crippen molar-refractivity contribution in [2.24, 2.45) is 0 Å². The van der Waals surface area contributed by atoms with Gasteiger partial charge in [-0.1, -0.05) is 42.1 Å². The molecule has 32 heavy (non-hydrogen) atoms. The summed E-state index contributed by atoms with van der Waals surface area (Å²) >= 11 is 1.24. The van der Waals surface area contributed by atoms with E-state index in [1.807, 2.05) is 59.5 Å². The van der Waals surface area contributed by atoms with Gasteiger partial charge in [0.1, 0.15) is 11.5 Å². The number of amides is 1. The van der Waals surface area contributed by atoms with E-state index in [1.165, 1.54) is 11.8 Å². The molecular weight excluding hydrogens is 426 g/mol. The van der Waals surface area contributed by atoms with E-state index in [9.17, 15) is 9.59 Å². The molecule has 170 valence electrons. The maximum Gasteiger partial charge on any atom is 0.224 e. The van der Waals surface area contributed by atoms with Crippen molar-refractivity contribution in [1.29, 1.82) is 0 Å². The summed E-state index contributed by atoms with van der Waals surface area (Å²) < 4.78 is 17.6. The van der Waals surface area contributed by atoms with Gasteiger partial charge in [0.05, 0.1) is 12.6 Å². The van der Waals surface area contributed by atoms with Crippen molar-refractivity contribution in [3.8, 4) is 11.5 Å². The van der Waals surface area contributed by atoms with E-state index in [2.05, 4.69) is 0 Å². The molecule has 2 saturated heterocycles. The molecule has 2 aromatic rings. The monoisotopic (exact) mass is 455 g/mol. The van der Waals surface area contributed by atoms with E-state index < -0.39 is 0 Å². The summed E-state index contributed by atoms with van der Waals surface area (Å²) in [5.41, 5.74) is 1.01. The van der Waals surface area contributed by atoms with Crippen LogP contribution in [0, 0.1) is 0 Å². The molecule has 0 radical (unpaired) electrons. The molecule has 0 N–H and O–H groups in total. The molecular formula is C25H29NO5S. The number of hydrogen-bond acceptors (Lipinski definition) is 6. The van der Waals surface area contributed by atoms with Gasteiger partial charge in [0, 0.05) is 31.7 Å². The Balaban J connectivity index is 1.41. The lowest BCUT2D eigenvalue weighted by Gasteiger charge is -2.30. The van der Waals surface area contributed by atoms with Gasteiger partial charge in [0.25, 0.3) is 0 Å². The van der Waals surface area contributed by atoms with Crippen LogP contribution in [0.25, 0.3) is 0 Å². The van der Waals surface area contributed by atoms with Crippen LogP contribution >= 0.6 is 11.8 Å². The first-order valence-corrected chi connectivity index (χ1v) is 12.0.